The molecule has 2 atom stereocenters. The topological polar surface area (TPSA) is 75.3 Å². The summed E-state index contributed by atoms with van der Waals surface area (Å²) in [6.45, 7) is 2.60. The van der Waals surface area contributed by atoms with E-state index in [0.717, 1.165) is 18.4 Å². The van der Waals surface area contributed by atoms with Crippen molar-refractivity contribution in [2.24, 2.45) is 0 Å². The van der Waals surface area contributed by atoms with Crippen molar-refractivity contribution in [1.82, 2.24) is 9.55 Å². The fourth-order valence-corrected chi connectivity index (χ4v) is 3.67. The van der Waals surface area contributed by atoms with Gasteiger partial charge in [0, 0.05) is 24.6 Å². The van der Waals surface area contributed by atoms with E-state index < -0.39 is 5.79 Å². The van der Waals surface area contributed by atoms with E-state index in [1.807, 2.05) is 10.6 Å². The van der Waals surface area contributed by atoms with Crippen LogP contribution >= 0.6 is 28.4 Å². The lowest BCUT2D eigenvalue weighted by atomic mass is 9.95. The lowest BCUT2D eigenvalue weighted by Gasteiger charge is -2.09. The Hall–Kier alpha value is -0.820. The molecule has 24 heavy (non-hydrogen) atoms. The molecule has 0 aliphatic heterocycles. The fraction of sp³-hybridized carbons (Fsp3) is 0.412. The molecule has 2 unspecified atom stereocenters. The lowest BCUT2D eigenvalue weighted by Crippen LogP contribution is -2.15. The Morgan fingerprint density at radius 1 is 1.33 bits per heavy atom. The van der Waals surface area contributed by atoms with Gasteiger partial charge in [-0.3, -0.25) is 4.79 Å². The van der Waals surface area contributed by atoms with E-state index >= 15 is 0 Å². The molecular weight excluding hydrogens is 438 g/mol. The van der Waals surface area contributed by atoms with E-state index in [0.29, 0.717) is 24.5 Å². The van der Waals surface area contributed by atoms with Crippen LogP contribution in [0.15, 0.2) is 36.7 Å². The van der Waals surface area contributed by atoms with Crippen LogP contribution < -0.4 is 0 Å². The number of rotatable bonds is 3. The average Bonchev–Trinajstić information content (AvgIpc) is 3.14. The minimum absolute atomic E-state index is 0.398. The SMILES string of the molecule is CC(C)(O)O.O=C1CCC(c2cccc(-c3cnn(PI)c3)c2)C1. The maximum Gasteiger partial charge on any atom is 0.156 e. The number of halogens is 1. The number of nitrogens with zero attached hydrogens (tertiary/aromatic N) is 2. The van der Waals surface area contributed by atoms with Crippen LogP contribution in [0.1, 0.15) is 44.6 Å². The van der Waals surface area contributed by atoms with Crippen molar-refractivity contribution in [2.45, 2.75) is 44.8 Å². The number of hydrogen-bond donors (Lipinski definition) is 2. The molecule has 1 aromatic carbocycles. The highest BCUT2D eigenvalue weighted by Gasteiger charge is 2.23. The molecule has 1 aliphatic carbocycles. The Labute approximate surface area is 156 Å². The molecular formula is C17H22IN2O3P. The average molecular weight is 460 g/mol. The molecule has 0 amide bonds. The van der Waals surface area contributed by atoms with E-state index in [4.69, 9.17) is 10.2 Å². The van der Waals surface area contributed by atoms with Crippen LogP contribution in [-0.2, 0) is 4.79 Å². The molecule has 0 bridgehead atoms. The molecule has 1 aliphatic rings. The number of carbonyl (C=O) groups excluding carboxylic acids is 1. The summed E-state index contributed by atoms with van der Waals surface area (Å²) < 4.78 is 1.95. The molecule has 0 spiro atoms. The van der Waals surface area contributed by atoms with E-state index in [1.165, 1.54) is 25.0 Å². The van der Waals surface area contributed by atoms with Crippen molar-refractivity contribution in [3.8, 4) is 11.1 Å². The Morgan fingerprint density at radius 2 is 2.04 bits per heavy atom. The number of aromatic nitrogens is 2. The van der Waals surface area contributed by atoms with Crippen LogP contribution in [-0.4, -0.2) is 31.3 Å². The van der Waals surface area contributed by atoms with Crippen molar-refractivity contribution in [3.05, 3.63) is 42.2 Å². The first kappa shape index (κ1) is 19.5. The van der Waals surface area contributed by atoms with Gasteiger partial charge in [-0.1, -0.05) is 24.3 Å². The molecule has 1 heterocycles. The predicted octanol–water partition coefficient (Wildman–Crippen LogP) is 3.89. The summed E-state index contributed by atoms with van der Waals surface area (Å²) in [5.74, 6) is -0.691. The first-order valence-corrected chi connectivity index (χ1v) is 11.8. The van der Waals surface area contributed by atoms with Crippen LogP contribution in [0.4, 0.5) is 0 Å². The van der Waals surface area contributed by atoms with Gasteiger partial charge in [-0.25, -0.2) is 4.45 Å². The minimum atomic E-state index is -1.50. The maximum absolute atomic E-state index is 11.4. The van der Waals surface area contributed by atoms with Crippen LogP contribution in [0.3, 0.4) is 0 Å². The number of Topliss-reactive ketones (excluding diaryl/α,β-unsaturated/α-hetero) is 1. The number of ketones is 1. The Bertz CT molecular complexity index is 691. The highest BCUT2D eigenvalue weighted by molar-refractivity contribution is 14.2. The zero-order valence-electron chi connectivity index (χ0n) is 13.7. The normalized spacial score (nSPS) is 18.0. The van der Waals surface area contributed by atoms with Crippen molar-refractivity contribution in [2.75, 3.05) is 0 Å². The summed E-state index contributed by atoms with van der Waals surface area (Å²) in [5, 5.41) is 20.5. The summed E-state index contributed by atoms with van der Waals surface area (Å²) in [5.41, 5.74) is 3.63. The van der Waals surface area contributed by atoms with Crippen molar-refractivity contribution in [3.63, 3.8) is 0 Å². The van der Waals surface area contributed by atoms with E-state index in [9.17, 15) is 4.79 Å². The second-order valence-corrected chi connectivity index (χ2v) is 8.43. The third kappa shape index (κ3) is 6.24. The standard InChI is InChI=1S/C14H14IN2OP.C3H8O2/c15-19-17-9-13(8-16-17)11-3-1-2-10(6-11)12-4-5-14(18)7-12;1-3(2,4)5/h1-3,6,8-9,12,19H,4-5,7H2;4-5H,1-2H3. The fourth-order valence-electron chi connectivity index (χ4n) is 2.59. The molecule has 1 saturated carbocycles. The van der Waals surface area contributed by atoms with Crippen LogP contribution in [0.2, 0.25) is 0 Å². The van der Waals surface area contributed by atoms with Crippen molar-refractivity contribution < 1.29 is 15.0 Å². The molecule has 0 radical (unpaired) electrons. The Kier molecular flexibility index (Phi) is 6.92. The molecule has 130 valence electrons. The van der Waals surface area contributed by atoms with Gasteiger partial charge in [0.05, 0.1) is 12.6 Å². The largest absolute Gasteiger partial charge is 0.366 e. The van der Waals surface area contributed by atoms with Crippen LogP contribution in [0.25, 0.3) is 11.1 Å². The summed E-state index contributed by atoms with van der Waals surface area (Å²) in [6, 6.07) is 8.53. The molecule has 2 aromatic rings. The zero-order valence-corrected chi connectivity index (χ0v) is 16.9. The van der Waals surface area contributed by atoms with Gasteiger partial charge in [0.1, 0.15) is 5.78 Å². The van der Waals surface area contributed by atoms with Crippen LogP contribution in [0, 0.1) is 0 Å². The predicted molar refractivity (Wildman–Crippen MR) is 106 cm³/mol. The monoisotopic (exact) mass is 460 g/mol. The van der Waals surface area contributed by atoms with E-state index in [-0.39, 0.29) is 0 Å². The smallest absolute Gasteiger partial charge is 0.156 e. The van der Waals surface area contributed by atoms with Gasteiger partial charge < -0.3 is 10.2 Å². The summed E-state index contributed by atoms with van der Waals surface area (Å²) in [4.78, 5) is 11.4. The maximum atomic E-state index is 11.4. The number of benzene rings is 1. The van der Waals surface area contributed by atoms with Crippen molar-refractivity contribution >= 4 is 34.2 Å². The van der Waals surface area contributed by atoms with Gasteiger partial charge in [-0.05, 0) is 59.4 Å². The van der Waals surface area contributed by atoms with Gasteiger partial charge in [0.15, 0.2) is 5.79 Å². The molecule has 0 saturated heterocycles. The van der Waals surface area contributed by atoms with Gasteiger partial charge in [0.2, 0.25) is 0 Å². The second kappa shape index (κ2) is 8.52. The molecule has 3 rings (SSSR count). The summed E-state index contributed by atoms with van der Waals surface area (Å²) in [7, 11) is 0. The molecule has 5 nitrogen and oxygen atoms in total. The Balaban J connectivity index is 0.000000368. The first-order valence-electron chi connectivity index (χ1n) is 7.74. The molecule has 7 heteroatoms. The second-order valence-electron chi connectivity index (χ2n) is 6.36. The zero-order chi connectivity index (χ0) is 17.7. The van der Waals surface area contributed by atoms with Gasteiger partial charge in [-0.15, -0.1) is 0 Å². The third-order valence-corrected chi connectivity index (χ3v) is 5.51. The van der Waals surface area contributed by atoms with E-state index in [1.54, 1.807) is 0 Å². The molecule has 2 N–H and O–H groups in total. The van der Waals surface area contributed by atoms with Crippen molar-refractivity contribution in [1.29, 1.82) is 0 Å². The first-order chi connectivity index (χ1) is 11.3. The third-order valence-electron chi connectivity index (χ3n) is 3.61. The van der Waals surface area contributed by atoms with Gasteiger partial charge >= 0.3 is 0 Å². The van der Waals surface area contributed by atoms with Gasteiger partial charge in [0.25, 0.3) is 0 Å². The number of aliphatic hydroxyl groups is 2. The lowest BCUT2D eigenvalue weighted by molar-refractivity contribution is -0.127. The van der Waals surface area contributed by atoms with Gasteiger partial charge in [-0.2, -0.15) is 5.10 Å². The number of carbonyl (C=O) groups is 1. The van der Waals surface area contributed by atoms with Crippen LogP contribution in [0.5, 0.6) is 0 Å². The summed E-state index contributed by atoms with van der Waals surface area (Å²) in [6.07, 6.45) is 7.05. The minimum Gasteiger partial charge on any atom is -0.366 e. The molecule has 1 fully saturated rings. The number of hydrogen-bond acceptors (Lipinski definition) is 4. The highest BCUT2D eigenvalue weighted by Crippen LogP contribution is 2.34. The van der Waals surface area contributed by atoms with E-state index in [2.05, 4.69) is 57.6 Å². The summed E-state index contributed by atoms with van der Waals surface area (Å²) >= 11 is 2.32. The quantitative estimate of drug-likeness (QED) is 0.414. The Morgan fingerprint density at radius 3 is 2.58 bits per heavy atom. The molecule has 1 aromatic heterocycles. The highest BCUT2D eigenvalue weighted by atomic mass is 127.